The van der Waals surface area contributed by atoms with Gasteiger partial charge in [-0.3, -0.25) is 9.78 Å². The Hall–Kier alpha value is -2.82. The quantitative estimate of drug-likeness (QED) is 0.696. The molecule has 0 fully saturated rings. The molecule has 2 aromatic heterocycles. The van der Waals surface area contributed by atoms with Crippen LogP contribution in [0.4, 0.5) is 0 Å². The Labute approximate surface area is 107 Å². The van der Waals surface area contributed by atoms with E-state index in [9.17, 15) is 15.0 Å². The fourth-order valence-corrected chi connectivity index (χ4v) is 1.95. The fourth-order valence-electron chi connectivity index (χ4n) is 1.95. The molecule has 2 heterocycles. The summed E-state index contributed by atoms with van der Waals surface area (Å²) in [7, 11) is 0. The number of hydrogen-bond acceptors (Lipinski definition) is 5. The van der Waals surface area contributed by atoms with Gasteiger partial charge in [0.15, 0.2) is 0 Å². The van der Waals surface area contributed by atoms with Crippen molar-refractivity contribution >= 4 is 11.0 Å². The number of nitrogens with zero attached hydrogens (tertiary/aromatic N) is 1. The number of aromatic hydroxyl groups is 2. The van der Waals surface area contributed by atoms with Gasteiger partial charge in [0, 0.05) is 24.5 Å². The van der Waals surface area contributed by atoms with Gasteiger partial charge in [-0.25, -0.2) is 0 Å². The van der Waals surface area contributed by atoms with Crippen molar-refractivity contribution in [3.8, 4) is 22.6 Å². The molecule has 3 rings (SSSR count). The van der Waals surface area contributed by atoms with Crippen molar-refractivity contribution in [1.82, 2.24) is 4.98 Å². The molecule has 0 radical (unpaired) electrons. The van der Waals surface area contributed by atoms with E-state index in [1.165, 1.54) is 12.3 Å². The molecule has 0 saturated heterocycles. The van der Waals surface area contributed by atoms with Gasteiger partial charge in [-0.2, -0.15) is 0 Å². The minimum Gasteiger partial charge on any atom is -0.508 e. The van der Waals surface area contributed by atoms with E-state index < -0.39 is 0 Å². The molecule has 5 heteroatoms. The van der Waals surface area contributed by atoms with Gasteiger partial charge in [-0.05, 0) is 17.7 Å². The predicted molar refractivity (Wildman–Crippen MR) is 69.0 cm³/mol. The number of phenols is 2. The van der Waals surface area contributed by atoms with Gasteiger partial charge in [0.25, 0.3) is 0 Å². The molecule has 1 aromatic carbocycles. The largest absolute Gasteiger partial charge is 0.508 e. The molecular formula is C14H9NO4. The zero-order valence-corrected chi connectivity index (χ0v) is 9.70. The average molecular weight is 255 g/mol. The lowest BCUT2D eigenvalue weighted by Crippen LogP contribution is -2.04. The molecule has 0 saturated carbocycles. The second-order valence-electron chi connectivity index (χ2n) is 4.05. The molecule has 94 valence electrons. The number of pyridine rings is 1. The van der Waals surface area contributed by atoms with Crippen LogP contribution in [0, 0.1) is 0 Å². The van der Waals surface area contributed by atoms with Crippen LogP contribution in [-0.4, -0.2) is 15.2 Å². The second kappa shape index (κ2) is 4.13. The van der Waals surface area contributed by atoms with Crippen LogP contribution in [0.5, 0.6) is 11.5 Å². The first-order valence-corrected chi connectivity index (χ1v) is 5.54. The highest BCUT2D eigenvalue weighted by Gasteiger charge is 2.13. The Kier molecular flexibility index (Phi) is 2.45. The van der Waals surface area contributed by atoms with Gasteiger partial charge in [-0.15, -0.1) is 0 Å². The summed E-state index contributed by atoms with van der Waals surface area (Å²) in [5.74, 6) is -0.468. The summed E-state index contributed by atoms with van der Waals surface area (Å²) < 4.78 is 5.30. The number of phenolic OH excluding ortho intramolecular Hbond substituents is 2. The highest BCUT2D eigenvalue weighted by molar-refractivity contribution is 5.87. The second-order valence-corrected chi connectivity index (χ2v) is 4.05. The summed E-state index contributed by atoms with van der Waals surface area (Å²) >= 11 is 0. The van der Waals surface area contributed by atoms with Crippen molar-refractivity contribution < 1.29 is 14.6 Å². The van der Waals surface area contributed by atoms with E-state index in [0.717, 1.165) is 6.07 Å². The topological polar surface area (TPSA) is 83.6 Å². The SMILES string of the molecule is O=c1c(-c2ccncc2)coc2cc(O)cc(O)c12. The smallest absolute Gasteiger partial charge is 0.204 e. The number of rotatable bonds is 1. The number of hydrogen-bond donors (Lipinski definition) is 2. The third kappa shape index (κ3) is 1.81. The summed E-state index contributed by atoms with van der Waals surface area (Å²) in [5.41, 5.74) is 0.763. The van der Waals surface area contributed by atoms with Gasteiger partial charge >= 0.3 is 0 Å². The van der Waals surface area contributed by atoms with Crippen LogP contribution in [0.3, 0.4) is 0 Å². The van der Waals surface area contributed by atoms with Gasteiger partial charge in [0.1, 0.15) is 28.7 Å². The summed E-state index contributed by atoms with van der Waals surface area (Å²) in [6, 6.07) is 5.74. The van der Waals surface area contributed by atoms with E-state index in [-0.39, 0.29) is 27.9 Å². The maximum Gasteiger partial charge on any atom is 0.204 e. The molecule has 0 aliphatic carbocycles. The zero-order valence-electron chi connectivity index (χ0n) is 9.70. The summed E-state index contributed by atoms with van der Waals surface area (Å²) in [6.07, 6.45) is 4.43. The molecule has 0 amide bonds. The Bertz CT molecular complexity index is 809. The highest BCUT2D eigenvalue weighted by Crippen LogP contribution is 2.29. The highest BCUT2D eigenvalue weighted by atomic mass is 16.3. The van der Waals surface area contributed by atoms with E-state index in [2.05, 4.69) is 4.98 Å². The number of benzene rings is 1. The number of aromatic nitrogens is 1. The van der Waals surface area contributed by atoms with Crippen LogP contribution < -0.4 is 5.43 Å². The van der Waals surface area contributed by atoms with Crippen LogP contribution in [0.15, 0.2) is 52.1 Å². The first-order chi connectivity index (χ1) is 9.16. The standard InChI is InChI=1S/C14H9NO4/c16-9-5-11(17)13-12(6-9)19-7-10(14(13)18)8-1-3-15-4-2-8/h1-7,16-17H. The summed E-state index contributed by atoms with van der Waals surface area (Å²) in [5, 5.41) is 19.2. The number of fused-ring (bicyclic) bond motifs is 1. The van der Waals surface area contributed by atoms with Crippen LogP contribution in [0.25, 0.3) is 22.1 Å². The van der Waals surface area contributed by atoms with Crippen LogP contribution in [-0.2, 0) is 0 Å². The lowest BCUT2D eigenvalue weighted by Gasteiger charge is -2.04. The van der Waals surface area contributed by atoms with E-state index in [0.29, 0.717) is 11.1 Å². The first kappa shape index (κ1) is 11.3. The van der Waals surface area contributed by atoms with Gasteiger partial charge in [0.05, 0.1) is 5.56 Å². The van der Waals surface area contributed by atoms with E-state index in [4.69, 9.17) is 4.42 Å². The van der Waals surface area contributed by atoms with E-state index in [1.807, 2.05) is 0 Å². The molecule has 2 N–H and O–H groups in total. The van der Waals surface area contributed by atoms with Gasteiger partial charge in [-0.1, -0.05) is 0 Å². The molecule has 3 aromatic rings. The van der Waals surface area contributed by atoms with Crippen molar-refractivity contribution in [2.24, 2.45) is 0 Å². The molecular weight excluding hydrogens is 246 g/mol. The lowest BCUT2D eigenvalue weighted by molar-refractivity contribution is 0.452. The van der Waals surface area contributed by atoms with Gasteiger partial charge in [0.2, 0.25) is 5.43 Å². The van der Waals surface area contributed by atoms with Crippen molar-refractivity contribution in [2.75, 3.05) is 0 Å². The predicted octanol–water partition coefficient (Wildman–Crippen LogP) is 2.27. The molecule has 0 unspecified atom stereocenters. The van der Waals surface area contributed by atoms with E-state index >= 15 is 0 Å². The van der Waals surface area contributed by atoms with Gasteiger partial charge < -0.3 is 14.6 Å². The maximum absolute atomic E-state index is 12.3. The fraction of sp³-hybridized carbons (Fsp3) is 0. The Balaban J connectivity index is 2.37. The van der Waals surface area contributed by atoms with Crippen LogP contribution in [0.2, 0.25) is 0 Å². The minimum atomic E-state index is -0.357. The minimum absolute atomic E-state index is 0.0483. The Morgan fingerprint density at radius 3 is 2.58 bits per heavy atom. The Morgan fingerprint density at radius 2 is 1.84 bits per heavy atom. The molecule has 5 nitrogen and oxygen atoms in total. The third-order valence-electron chi connectivity index (χ3n) is 2.83. The molecule has 19 heavy (non-hydrogen) atoms. The summed E-state index contributed by atoms with van der Waals surface area (Å²) in [4.78, 5) is 16.2. The normalized spacial score (nSPS) is 10.7. The molecule has 0 atom stereocenters. The van der Waals surface area contributed by atoms with Crippen LogP contribution >= 0.6 is 0 Å². The van der Waals surface area contributed by atoms with E-state index in [1.54, 1.807) is 24.5 Å². The average Bonchev–Trinajstić information content (AvgIpc) is 2.39. The van der Waals surface area contributed by atoms with Crippen LogP contribution in [0.1, 0.15) is 0 Å². The van der Waals surface area contributed by atoms with Crippen molar-refractivity contribution in [3.05, 3.63) is 53.1 Å². The monoisotopic (exact) mass is 255 g/mol. The zero-order chi connectivity index (χ0) is 13.4. The Morgan fingerprint density at radius 1 is 1.11 bits per heavy atom. The maximum atomic E-state index is 12.3. The molecule has 0 aliphatic heterocycles. The summed E-state index contributed by atoms with van der Waals surface area (Å²) in [6.45, 7) is 0. The first-order valence-electron chi connectivity index (χ1n) is 5.54. The molecule has 0 aliphatic rings. The van der Waals surface area contributed by atoms with Crippen molar-refractivity contribution in [2.45, 2.75) is 0 Å². The molecule has 0 bridgehead atoms. The van der Waals surface area contributed by atoms with Crippen molar-refractivity contribution in [3.63, 3.8) is 0 Å². The van der Waals surface area contributed by atoms with Crippen molar-refractivity contribution in [1.29, 1.82) is 0 Å². The third-order valence-corrected chi connectivity index (χ3v) is 2.83. The lowest BCUT2D eigenvalue weighted by atomic mass is 10.1. The molecule has 0 spiro atoms.